The van der Waals surface area contributed by atoms with Crippen molar-refractivity contribution in [1.82, 2.24) is 15.0 Å². The number of fused-ring (bicyclic) bond motifs is 4. The third-order valence-corrected chi connectivity index (χ3v) is 10.8. The summed E-state index contributed by atoms with van der Waals surface area (Å²) in [6.07, 6.45) is 0. The summed E-state index contributed by atoms with van der Waals surface area (Å²) in [7, 11) is 0. The van der Waals surface area contributed by atoms with Gasteiger partial charge in [-0.25, -0.2) is 15.0 Å². The maximum absolute atomic E-state index is 8.88. The van der Waals surface area contributed by atoms with Crippen LogP contribution in [0, 0.1) is 0 Å². The van der Waals surface area contributed by atoms with Crippen molar-refractivity contribution in [1.29, 1.82) is 0 Å². The molecule has 3 nitrogen and oxygen atoms in total. The fraction of sp³-hybridized carbons (Fsp3) is 0. The second-order valence-electron chi connectivity index (χ2n) is 12.9. The molecule has 0 N–H and O–H groups in total. The topological polar surface area (TPSA) is 38.7 Å². The highest BCUT2D eigenvalue weighted by Gasteiger charge is 2.17. The van der Waals surface area contributed by atoms with E-state index < -0.39 is 6.04 Å². The number of thiophene rings is 1. The molecule has 53 heavy (non-hydrogen) atoms. The molecule has 0 spiro atoms. The lowest BCUT2D eigenvalue weighted by Crippen LogP contribution is -2.00. The zero-order chi connectivity index (χ0) is 39.5. The molecule has 0 bridgehead atoms. The summed E-state index contributed by atoms with van der Waals surface area (Å²) in [5, 5.41) is 4.30. The molecule has 2 heterocycles. The minimum atomic E-state index is -0.414. The molecule has 0 amide bonds. The van der Waals surface area contributed by atoms with E-state index >= 15 is 0 Å². The Kier molecular flexibility index (Phi) is 6.45. The average molecular weight is 699 g/mol. The van der Waals surface area contributed by atoms with Gasteiger partial charge in [0, 0.05) is 42.4 Å². The number of hydrogen-bond acceptors (Lipinski definition) is 4. The van der Waals surface area contributed by atoms with Gasteiger partial charge in [0.1, 0.15) is 0 Å². The van der Waals surface area contributed by atoms with Crippen LogP contribution in [-0.4, -0.2) is 15.0 Å². The van der Waals surface area contributed by atoms with E-state index in [0.717, 1.165) is 59.1 Å². The van der Waals surface area contributed by atoms with Gasteiger partial charge in [-0.1, -0.05) is 170 Å². The highest BCUT2D eigenvalue weighted by atomic mass is 32.1. The Hall–Kier alpha value is -6.75. The molecule has 248 valence electrons. The zero-order valence-corrected chi connectivity index (χ0v) is 29.1. The van der Waals surface area contributed by atoms with Gasteiger partial charge in [-0.15, -0.1) is 11.3 Å². The van der Waals surface area contributed by atoms with Gasteiger partial charge in [-0.3, -0.25) is 0 Å². The Morgan fingerprint density at radius 1 is 0.377 bits per heavy atom. The van der Waals surface area contributed by atoms with Gasteiger partial charge in [0.05, 0.1) is 6.85 Å². The van der Waals surface area contributed by atoms with Crippen LogP contribution in [0.4, 0.5) is 0 Å². The molecule has 10 rings (SSSR count). The van der Waals surface area contributed by atoms with Crippen molar-refractivity contribution in [2.24, 2.45) is 0 Å². The van der Waals surface area contributed by atoms with Gasteiger partial charge in [0.15, 0.2) is 17.5 Å². The van der Waals surface area contributed by atoms with Crippen molar-refractivity contribution in [3.05, 3.63) is 188 Å². The van der Waals surface area contributed by atoms with Crippen molar-refractivity contribution in [3.8, 4) is 67.5 Å². The minimum absolute atomic E-state index is 0.182. The standard InChI is InChI=1S/C49H31N3S/c1-4-13-32(14-5-1)39-29-43(34-15-6-2-7-16-34)46-44(30-39)42-28-27-38(31-45(42)53-46)49-51-47(36-18-8-3-9-19-36)50-48(52-49)37-25-23-35(24-26-37)41-22-12-20-33-17-10-11-21-40(33)41/h1-31H/i2D,6D,7D,15D,16D. The Labute approximate surface area is 318 Å². The SMILES string of the molecule is [2H]c1c([2H])c([2H])c(-c2cc(-c3ccccc3)cc3c2sc2cc(-c4nc(-c5ccccc5)nc(-c5ccc(-c6cccc7ccccc67)cc5)n4)ccc23)c([2H])c1[2H]. The van der Waals surface area contributed by atoms with Crippen LogP contribution < -0.4 is 0 Å². The lowest BCUT2D eigenvalue weighted by molar-refractivity contribution is 1.07. The molecular weight excluding hydrogens is 663 g/mol. The van der Waals surface area contributed by atoms with Gasteiger partial charge < -0.3 is 0 Å². The molecule has 0 saturated heterocycles. The molecule has 0 unspecified atom stereocenters. The third kappa shape index (κ3) is 5.76. The third-order valence-electron chi connectivity index (χ3n) is 9.62. The summed E-state index contributed by atoms with van der Waals surface area (Å²) >= 11 is 1.52. The second-order valence-corrected chi connectivity index (χ2v) is 13.9. The lowest BCUT2D eigenvalue weighted by Gasteiger charge is -2.10. The monoisotopic (exact) mass is 698 g/mol. The summed E-state index contributed by atoms with van der Waals surface area (Å²) in [6.45, 7) is 0. The quantitative estimate of drug-likeness (QED) is 0.173. The van der Waals surface area contributed by atoms with Crippen molar-refractivity contribution >= 4 is 42.3 Å². The Bertz CT molecular complexity index is 3190. The van der Waals surface area contributed by atoms with Crippen molar-refractivity contribution in [2.45, 2.75) is 0 Å². The number of nitrogens with zero attached hydrogens (tertiary/aromatic N) is 3. The number of rotatable bonds is 6. The van der Waals surface area contributed by atoms with E-state index in [9.17, 15) is 0 Å². The summed E-state index contributed by atoms with van der Waals surface area (Å²) in [6, 6.07) is 51.5. The molecule has 4 heteroatoms. The zero-order valence-electron chi connectivity index (χ0n) is 33.3. The van der Waals surface area contributed by atoms with Gasteiger partial charge in [-0.2, -0.15) is 0 Å². The molecule has 0 saturated carbocycles. The van der Waals surface area contributed by atoms with Crippen LogP contribution in [0.3, 0.4) is 0 Å². The van der Waals surface area contributed by atoms with E-state index in [1.165, 1.54) is 22.1 Å². The van der Waals surface area contributed by atoms with Gasteiger partial charge >= 0.3 is 0 Å². The maximum atomic E-state index is 8.88. The fourth-order valence-corrected chi connectivity index (χ4v) is 8.25. The van der Waals surface area contributed by atoms with Gasteiger partial charge in [0.25, 0.3) is 0 Å². The molecule has 0 aliphatic carbocycles. The predicted molar refractivity (Wildman–Crippen MR) is 223 cm³/mol. The largest absolute Gasteiger partial charge is 0.208 e. The van der Waals surface area contributed by atoms with Crippen LogP contribution in [0.25, 0.3) is 98.5 Å². The van der Waals surface area contributed by atoms with E-state index in [2.05, 4.69) is 84.9 Å². The number of benzene rings is 8. The van der Waals surface area contributed by atoms with E-state index in [-0.39, 0.29) is 29.7 Å². The second kappa shape index (κ2) is 13.1. The van der Waals surface area contributed by atoms with Crippen LogP contribution in [0.1, 0.15) is 6.85 Å². The van der Waals surface area contributed by atoms with Crippen molar-refractivity contribution < 1.29 is 6.85 Å². The number of hydrogen-bond donors (Lipinski definition) is 0. The summed E-state index contributed by atoms with van der Waals surface area (Å²) < 4.78 is 44.7. The minimum Gasteiger partial charge on any atom is -0.208 e. The van der Waals surface area contributed by atoms with Crippen LogP contribution in [0.2, 0.25) is 0 Å². The van der Waals surface area contributed by atoms with Gasteiger partial charge in [-0.05, 0) is 56.8 Å². The summed E-state index contributed by atoms with van der Waals surface area (Å²) in [5.41, 5.74) is 7.44. The Morgan fingerprint density at radius 2 is 0.981 bits per heavy atom. The normalized spacial score (nSPS) is 12.7. The van der Waals surface area contributed by atoms with Crippen LogP contribution in [-0.2, 0) is 0 Å². The highest BCUT2D eigenvalue weighted by Crippen LogP contribution is 2.44. The lowest BCUT2D eigenvalue weighted by atomic mass is 9.96. The maximum Gasteiger partial charge on any atom is 0.164 e. The molecule has 0 atom stereocenters. The molecule has 0 radical (unpaired) electrons. The van der Waals surface area contributed by atoms with Crippen LogP contribution >= 0.6 is 11.3 Å². The van der Waals surface area contributed by atoms with E-state index in [1.54, 1.807) is 0 Å². The summed E-state index contributed by atoms with van der Waals surface area (Å²) in [4.78, 5) is 15.0. The first-order valence-corrected chi connectivity index (χ1v) is 18.2. The molecule has 0 fully saturated rings. The molecule has 2 aromatic heterocycles. The average Bonchev–Trinajstić information content (AvgIpc) is 3.66. The molecule has 0 aliphatic rings. The van der Waals surface area contributed by atoms with Crippen LogP contribution in [0.15, 0.2) is 188 Å². The predicted octanol–water partition coefficient (Wildman–Crippen LogP) is 13.4. The smallest absolute Gasteiger partial charge is 0.164 e. The first kappa shape index (κ1) is 26.1. The van der Waals surface area contributed by atoms with Crippen LogP contribution in [0.5, 0.6) is 0 Å². The Morgan fingerprint density at radius 3 is 1.74 bits per heavy atom. The van der Waals surface area contributed by atoms with E-state index in [1.807, 2.05) is 72.8 Å². The molecule has 8 aromatic carbocycles. The van der Waals surface area contributed by atoms with E-state index in [4.69, 9.17) is 21.8 Å². The Balaban J connectivity index is 1.13. The van der Waals surface area contributed by atoms with Crippen molar-refractivity contribution in [2.75, 3.05) is 0 Å². The molecule has 0 aliphatic heterocycles. The first-order valence-electron chi connectivity index (χ1n) is 19.9. The van der Waals surface area contributed by atoms with Crippen molar-refractivity contribution in [3.63, 3.8) is 0 Å². The fourth-order valence-electron chi connectivity index (χ4n) is 7.01. The molecular formula is C49H31N3S. The summed E-state index contributed by atoms with van der Waals surface area (Å²) in [5.74, 6) is 1.64. The first-order chi connectivity index (χ1) is 28.3. The highest BCUT2D eigenvalue weighted by molar-refractivity contribution is 7.26. The van der Waals surface area contributed by atoms with E-state index in [0.29, 0.717) is 23.0 Å². The number of aromatic nitrogens is 3. The van der Waals surface area contributed by atoms with Gasteiger partial charge in [0.2, 0.25) is 0 Å². The molecule has 10 aromatic rings.